The van der Waals surface area contributed by atoms with Gasteiger partial charge >= 0.3 is 5.97 Å². The predicted octanol–water partition coefficient (Wildman–Crippen LogP) is 4.27. The van der Waals surface area contributed by atoms with Crippen LogP contribution in [0, 0.1) is 0 Å². The van der Waals surface area contributed by atoms with Crippen molar-refractivity contribution in [2.75, 3.05) is 11.5 Å². The molecule has 0 aliphatic carbocycles. The van der Waals surface area contributed by atoms with E-state index in [4.69, 9.17) is 9.15 Å². The lowest BCUT2D eigenvalue weighted by atomic mass is 10.2. The van der Waals surface area contributed by atoms with E-state index in [-0.39, 0.29) is 18.3 Å². The van der Waals surface area contributed by atoms with Crippen LogP contribution < -0.4 is 4.90 Å². The van der Waals surface area contributed by atoms with E-state index in [1.165, 1.54) is 12.3 Å². The lowest BCUT2D eigenvalue weighted by Crippen LogP contribution is -2.32. The van der Waals surface area contributed by atoms with Crippen LogP contribution in [0.2, 0.25) is 0 Å². The van der Waals surface area contributed by atoms with Gasteiger partial charge in [0.25, 0.3) is 5.91 Å². The molecule has 1 aromatic heterocycles. The van der Waals surface area contributed by atoms with Crippen molar-refractivity contribution in [2.24, 2.45) is 0 Å². The number of ether oxygens (including phenoxy) is 1. The third kappa shape index (κ3) is 2.92. The Labute approximate surface area is 148 Å². The molecule has 0 atom stereocenters. The molecule has 2 aromatic carbocycles. The summed E-state index contributed by atoms with van der Waals surface area (Å²) in [5, 5.41) is 0. The first-order valence-corrected chi connectivity index (χ1v) is 8.45. The van der Waals surface area contributed by atoms with E-state index in [1.54, 1.807) is 22.7 Å². The van der Waals surface area contributed by atoms with E-state index < -0.39 is 5.97 Å². The summed E-state index contributed by atoms with van der Waals surface area (Å²) in [6.45, 7) is -0.368. The number of esters is 1. The molecule has 1 aliphatic rings. The number of fused-ring (bicyclic) bond motifs is 2. The quantitative estimate of drug-likeness (QED) is 0.660. The Morgan fingerprint density at radius 3 is 2.16 bits per heavy atom. The molecular formula is C19H13NO4S. The number of carbonyl (C=O) groups excluding carboxylic acids is 2. The number of benzene rings is 2. The molecular weight excluding hydrogens is 338 g/mol. The second-order valence-corrected chi connectivity index (χ2v) is 6.40. The molecule has 4 rings (SSSR count). The highest BCUT2D eigenvalue weighted by molar-refractivity contribution is 7.99. The summed E-state index contributed by atoms with van der Waals surface area (Å²) < 4.78 is 10.1. The van der Waals surface area contributed by atoms with Gasteiger partial charge in [0, 0.05) is 9.79 Å². The smallest absolute Gasteiger partial charge is 0.374 e. The minimum absolute atomic E-state index is 0.0720. The molecule has 3 aromatic rings. The van der Waals surface area contributed by atoms with Crippen LogP contribution in [-0.4, -0.2) is 18.5 Å². The largest absolute Gasteiger partial charge is 0.457 e. The minimum Gasteiger partial charge on any atom is -0.457 e. The zero-order valence-corrected chi connectivity index (χ0v) is 13.9. The Morgan fingerprint density at radius 2 is 1.56 bits per heavy atom. The fraction of sp³-hybridized carbons (Fsp3) is 0.0526. The summed E-state index contributed by atoms with van der Waals surface area (Å²) in [6.07, 6.45) is 1.38. The fourth-order valence-corrected chi connectivity index (χ4v) is 3.69. The van der Waals surface area contributed by atoms with Crippen molar-refractivity contribution in [3.05, 3.63) is 72.7 Å². The Hall–Kier alpha value is -2.99. The predicted molar refractivity (Wildman–Crippen MR) is 93.1 cm³/mol. The molecule has 5 nitrogen and oxygen atoms in total. The van der Waals surface area contributed by atoms with E-state index in [0.29, 0.717) is 0 Å². The summed E-state index contributed by atoms with van der Waals surface area (Å²) >= 11 is 1.61. The van der Waals surface area contributed by atoms with Crippen LogP contribution in [0.15, 0.2) is 81.1 Å². The summed E-state index contributed by atoms with van der Waals surface area (Å²) in [5.74, 6) is -0.908. The van der Waals surface area contributed by atoms with Crippen LogP contribution in [0.25, 0.3) is 0 Å². The molecule has 124 valence electrons. The van der Waals surface area contributed by atoms with Gasteiger partial charge in [0.2, 0.25) is 5.76 Å². The second kappa shape index (κ2) is 6.49. The van der Waals surface area contributed by atoms with Gasteiger partial charge in [0.1, 0.15) is 0 Å². The average Bonchev–Trinajstić information content (AvgIpc) is 3.18. The molecule has 0 bridgehead atoms. The third-order valence-electron chi connectivity index (χ3n) is 3.73. The van der Waals surface area contributed by atoms with Crippen molar-refractivity contribution in [2.45, 2.75) is 9.79 Å². The summed E-state index contributed by atoms with van der Waals surface area (Å²) in [4.78, 5) is 28.3. The lowest BCUT2D eigenvalue weighted by Gasteiger charge is -2.30. The molecule has 6 heteroatoms. The van der Waals surface area contributed by atoms with Crippen LogP contribution in [-0.2, 0) is 9.53 Å². The van der Waals surface area contributed by atoms with Crippen molar-refractivity contribution >= 4 is 35.0 Å². The summed E-state index contributed by atoms with van der Waals surface area (Å²) in [6, 6.07) is 18.4. The highest BCUT2D eigenvalue weighted by Gasteiger charge is 2.28. The first kappa shape index (κ1) is 15.5. The average molecular weight is 351 g/mol. The number of amides is 1. The zero-order chi connectivity index (χ0) is 17.2. The maximum Gasteiger partial charge on any atom is 0.374 e. The van der Waals surface area contributed by atoms with Gasteiger partial charge < -0.3 is 9.15 Å². The number of para-hydroxylation sites is 2. The normalized spacial score (nSPS) is 12.2. The van der Waals surface area contributed by atoms with Crippen LogP contribution >= 0.6 is 11.8 Å². The highest BCUT2D eigenvalue weighted by Crippen LogP contribution is 2.47. The topological polar surface area (TPSA) is 59.8 Å². The first-order chi connectivity index (χ1) is 12.2. The molecule has 0 saturated heterocycles. The summed E-state index contributed by atoms with van der Waals surface area (Å²) in [7, 11) is 0. The number of hydrogen-bond donors (Lipinski definition) is 0. The number of rotatable bonds is 3. The molecule has 0 N–H and O–H groups in total. The molecule has 0 spiro atoms. The number of anilines is 2. The van der Waals surface area contributed by atoms with Crippen LogP contribution in [0.1, 0.15) is 10.6 Å². The van der Waals surface area contributed by atoms with Gasteiger partial charge in [-0.05, 0) is 36.4 Å². The highest BCUT2D eigenvalue weighted by atomic mass is 32.2. The van der Waals surface area contributed by atoms with Gasteiger partial charge in [-0.2, -0.15) is 0 Å². The van der Waals surface area contributed by atoms with Crippen LogP contribution in [0.4, 0.5) is 11.4 Å². The maximum atomic E-state index is 12.8. The van der Waals surface area contributed by atoms with Gasteiger partial charge in [-0.15, -0.1) is 0 Å². The Balaban J connectivity index is 1.61. The maximum absolute atomic E-state index is 12.8. The lowest BCUT2D eigenvalue weighted by molar-refractivity contribution is -0.121. The van der Waals surface area contributed by atoms with Gasteiger partial charge in [0.05, 0.1) is 17.6 Å². The molecule has 1 aliphatic heterocycles. The Bertz CT molecular complexity index is 891. The van der Waals surface area contributed by atoms with Gasteiger partial charge in [-0.25, -0.2) is 4.79 Å². The van der Waals surface area contributed by atoms with Gasteiger partial charge in [0.15, 0.2) is 6.61 Å². The van der Waals surface area contributed by atoms with Crippen molar-refractivity contribution in [3.63, 3.8) is 0 Å². The SMILES string of the molecule is O=C(OCC(=O)N1c2ccccc2Sc2ccccc21)c1ccco1. The van der Waals surface area contributed by atoms with Crippen LogP contribution in [0.3, 0.4) is 0 Å². The Kier molecular flexibility index (Phi) is 4.03. The molecule has 0 fully saturated rings. The third-order valence-corrected chi connectivity index (χ3v) is 4.86. The van der Waals surface area contributed by atoms with Crippen molar-refractivity contribution in [1.82, 2.24) is 0 Å². The minimum atomic E-state index is -0.661. The standard InChI is InChI=1S/C19H13NO4S/c21-18(12-24-19(22)15-8-5-11-23-15)20-13-6-1-3-9-16(13)25-17-10-4-2-7-14(17)20/h1-11H,12H2. The van der Waals surface area contributed by atoms with E-state index in [0.717, 1.165) is 21.2 Å². The van der Waals surface area contributed by atoms with E-state index >= 15 is 0 Å². The molecule has 0 saturated carbocycles. The van der Waals surface area contributed by atoms with Crippen molar-refractivity contribution in [3.8, 4) is 0 Å². The molecule has 1 amide bonds. The number of furan rings is 1. The van der Waals surface area contributed by atoms with Gasteiger partial charge in [-0.3, -0.25) is 9.69 Å². The molecule has 25 heavy (non-hydrogen) atoms. The van der Waals surface area contributed by atoms with Crippen molar-refractivity contribution < 1.29 is 18.7 Å². The van der Waals surface area contributed by atoms with Crippen LogP contribution in [0.5, 0.6) is 0 Å². The monoisotopic (exact) mass is 351 g/mol. The molecule has 0 radical (unpaired) electrons. The molecule has 0 unspecified atom stereocenters. The Morgan fingerprint density at radius 1 is 0.920 bits per heavy atom. The first-order valence-electron chi connectivity index (χ1n) is 7.63. The molecule has 2 heterocycles. The van der Waals surface area contributed by atoms with E-state index in [1.807, 2.05) is 48.5 Å². The fourth-order valence-electron chi connectivity index (χ4n) is 2.63. The van der Waals surface area contributed by atoms with Crippen molar-refractivity contribution in [1.29, 1.82) is 0 Å². The van der Waals surface area contributed by atoms with E-state index in [9.17, 15) is 9.59 Å². The zero-order valence-electron chi connectivity index (χ0n) is 13.0. The number of carbonyl (C=O) groups is 2. The number of nitrogens with zero attached hydrogens (tertiary/aromatic N) is 1. The number of hydrogen-bond acceptors (Lipinski definition) is 5. The van der Waals surface area contributed by atoms with E-state index in [2.05, 4.69) is 0 Å². The summed E-state index contributed by atoms with van der Waals surface area (Å²) in [5.41, 5.74) is 1.57. The second-order valence-electron chi connectivity index (χ2n) is 5.32. The van der Waals surface area contributed by atoms with Gasteiger partial charge in [-0.1, -0.05) is 36.0 Å².